The van der Waals surface area contributed by atoms with Crippen molar-refractivity contribution < 1.29 is 44.1 Å². The van der Waals surface area contributed by atoms with Crippen LogP contribution in [0.25, 0.3) is 0 Å². The maximum atomic E-state index is 12.7. The van der Waals surface area contributed by atoms with Gasteiger partial charge in [0.25, 0.3) is 0 Å². The first kappa shape index (κ1) is 29.7. The Labute approximate surface area is 190 Å². The number of carboxylic acids is 2. The van der Waals surface area contributed by atoms with E-state index >= 15 is 0 Å². The molecule has 14 nitrogen and oxygen atoms in total. The van der Waals surface area contributed by atoms with E-state index in [4.69, 9.17) is 21.7 Å². The van der Waals surface area contributed by atoms with Crippen LogP contribution in [-0.2, 0) is 28.8 Å². The molecule has 0 radical (unpaired) electrons. The lowest BCUT2D eigenvalue weighted by molar-refractivity contribution is -0.146. The molecule has 5 unspecified atom stereocenters. The molecule has 0 aliphatic carbocycles. The molecule has 0 saturated carbocycles. The lowest BCUT2D eigenvalue weighted by Gasteiger charge is -2.25. The van der Waals surface area contributed by atoms with Gasteiger partial charge in [-0.25, -0.2) is 4.79 Å². The number of nitrogens with one attached hydrogen (secondary N) is 3. The van der Waals surface area contributed by atoms with Gasteiger partial charge in [0.15, 0.2) is 6.04 Å². The van der Waals surface area contributed by atoms with Crippen LogP contribution in [0.5, 0.6) is 0 Å². The summed E-state index contributed by atoms with van der Waals surface area (Å²) in [7, 11) is 0. The molecule has 10 N–H and O–H groups in total. The Balaban J connectivity index is 5.58. The minimum Gasteiger partial charge on any atom is -0.481 e. The van der Waals surface area contributed by atoms with Gasteiger partial charge in [-0.15, -0.1) is 0 Å². The third kappa shape index (κ3) is 11.8. The maximum absolute atomic E-state index is 12.7. The number of aliphatic hydroxyl groups is 1. The number of carbonyl (C=O) groups is 6. The largest absolute Gasteiger partial charge is 0.481 e. The Morgan fingerprint density at radius 1 is 0.848 bits per heavy atom. The van der Waals surface area contributed by atoms with Gasteiger partial charge in [0.05, 0.1) is 18.6 Å². The number of nitrogens with two attached hydrogens (primary N) is 2. The third-order valence-electron chi connectivity index (χ3n) is 4.43. The summed E-state index contributed by atoms with van der Waals surface area (Å²) in [6.07, 6.45) is -2.70. The van der Waals surface area contributed by atoms with E-state index in [0.717, 1.165) is 6.92 Å². The predicted octanol–water partition coefficient (Wildman–Crippen LogP) is -2.98. The van der Waals surface area contributed by atoms with Crippen molar-refractivity contribution in [3.63, 3.8) is 0 Å². The lowest BCUT2D eigenvalue weighted by Crippen LogP contribution is -2.58. The van der Waals surface area contributed by atoms with Crippen LogP contribution >= 0.6 is 0 Å². The first-order chi connectivity index (χ1) is 15.1. The summed E-state index contributed by atoms with van der Waals surface area (Å²) in [5.41, 5.74) is 10.9. The van der Waals surface area contributed by atoms with Gasteiger partial charge in [-0.05, 0) is 25.7 Å². The topological polar surface area (TPSA) is 251 Å². The summed E-state index contributed by atoms with van der Waals surface area (Å²) in [5, 5.41) is 34.1. The number of rotatable bonds is 15. The molecule has 0 aromatic rings. The van der Waals surface area contributed by atoms with E-state index < -0.39 is 72.3 Å². The first-order valence-electron chi connectivity index (χ1n) is 10.2. The smallest absolute Gasteiger partial charge is 0.328 e. The van der Waals surface area contributed by atoms with E-state index in [1.807, 2.05) is 19.2 Å². The second kappa shape index (κ2) is 14.0. The molecule has 0 aliphatic rings. The Morgan fingerprint density at radius 2 is 1.36 bits per heavy atom. The molecule has 0 aromatic carbocycles. The van der Waals surface area contributed by atoms with Gasteiger partial charge in [0.2, 0.25) is 23.6 Å². The van der Waals surface area contributed by atoms with Gasteiger partial charge in [-0.3, -0.25) is 24.0 Å². The summed E-state index contributed by atoms with van der Waals surface area (Å²) in [6.45, 7) is 4.76. The quantitative estimate of drug-likeness (QED) is 0.119. The SMILES string of the molecule is CC(C)CC(N)C(=O)NC(CCC(N)=O)C(=O)NC(CC(=O)O)C(=O)NC(C(=O)O)C(C)O. The second-order valence-corrected chi connectivity index (χ2v) is 8.03. The van der Waals surface area contributed by atoms with Crippen LogP contribution in [0.3, 0.4) is 0 Å². The van der Waals surface area contributed by atoms with Gasteiger partial charge in [0, 0.05) is 6.42 Å². The number of aliphatic carboxylic acids is 2. The predicted molar refractivity (Wildman–Crippen MR) is 113 cm³/mol. The molecule has 4 amide bonds. The molecule has 0 bridgehead atoms. The molecular weight excluding hydrogens is 442 g/mol. The second-order valence-electron chi connectivity index (χ2n) is 8.03. The number of carboxylic acid groups (broad SMARTS) is 2. The molecular formula is C19H33N5O9. The van der Waals surface area contributed by atoms with Crippen molar-refractivity contribution in [1.29, 1.82) is 0 Å². The van der Waals surface area contributed by atoms with Gasteiger partial charge in [-0.2, -0.15) is 0 Å². The van der Waals surface area contributed by atoms with Crippen LogP contribution in [0.1, 0.15) is 46.5 Å². The summed E-state index contributed by atoms with van der Waals surface area (Å²) >= 11 is 0. The maximum Gasteiger partial charge on any atom is 0.328 e. The minimum atomic E-state index is -1.76. The fourth-order valence-corrected chi connectivity index (χ4v) is 2.75. The summed E-state index contributed by atoms with van der Waals surface area (Å²) < 4.78 is 0. The molecule has 0 fully saturated rings. The van der Waals surface area contributed by atoms with Crippen molar-refractivity contribution in [3.05, 3.63) is 0 Å². The molecule has 33 heavy (non-hydrogen) atoms. The molecule has 0 heterocycles. The molecule has 14 heteroatoms. The highest BCUT2D eigenvalue weighted by Gasteiger charge is 2.33. The van der Waals surface area contributed by atoms with E-state index in [9.17, 15) is 33.9 Å². The summed E-state index contributed by atoms with van der Waals surface area (Å²) in [4.78, 5) is 71.0. The zero-order chi connectivity index (χ0) is 25.9. The van der Waals surface area contributed by atoms with Gasteiger partial charge in [0.1, 0.15) is 12.1 Å². The Morgan fingerprint density at radius 3 is 1.79 bits per heavy atom. The zero-order valence-electron chi connectivity index (χ0n) is 18.7. The lowest BCUT2D eigenvalue weighted by atomic mass is 10.0. The molecule has 0 rings (SSSR count). The average Bonchev–Trinajstić information content (AvgIpc) is 2.66. The van der Waals surface area contributed by atoms with E-state index in [1.165, 1.54) is 0 Å². The normalized spacial score (nSPS) is 15.5. The van der Waals surface area contributed by atoms with Crippen LogP contribution in [-0.4, -0.2) is 81.2 Å². The molecule has 0 saturated heterocycles. The van der Waals surface area contributed by atoms with Crippen LogP contribution in [0, 0.1) is 5.92 Å². The van der Waals surface area contributed by atoms with Crippen LogP contribution in [0.2, 0.25) is 0 Å². The van der Waals surface area contributed by atoms with Crippen LogP contribution < -0.4 is 27.4 Å². The van der Waals surface area contributed by atoms with Crippen LogP contribution in [0.15, 0.2) is 0 Å². The van der Waals surface area contributed by atoms with Crippen molar-refractivity contribution in [1.82, 2.24) is 16.0 Å². The Hall–Kier alpha value is -3.26. The number of carbonyl (C=O) groups excluding carboxylic acids is 4. The van der Waals surface area contributed by atoms with Crippen molar-refractivity contribution in [3.8, 4) is 0 Å². The van der Waals surface area contributed by atoms with Crippen LogP contribution in [0.4, 0.5) is 0 Å². The highest BCUT2D eigenvalue weighted by atomic mass is 16.4. The van der Waals surface area contributed by atoms with Crippen molar-refractivity contribution >= 4 is 35.6 Å². The summed E-state index contributed by atoms with van der Waals surface area (Å²) in [6, 6.07) is -5.84. The number of hydrogen-bond donors (Lipinski definition) is 8. The zero-order valence-corrected chi connectivity index (χ0v) is 18.7. The minimum absolute atomic E-state index is 0.0726. The standard InChI is InChI=1S/C19H33N5O9/c1-8(2)6-10(20)16(29)22-11(4-5-13(21)26)17(30)23-12(7-14(27)28)18(31)24-15(9(3)25)19(32)33/h8-12,15,25H,4-7,20H2,1-3H3,(H2,21,26)(H,22,29)(H,23,30)(H,24,31)(H,27,28)(H,32,33). The average molecular weight is 475 g/mol. The molecule has 0 spiro atoms. The van der Waals surface area contributed by atoms with E-state index in [-0.39, 0.29) is 18.8 Å². The van der Waals surface area contributed by atoms with E-state index in [0.29, 0.717) is 6.42 Å². The molecule has 5 atom stereocenters. The molecule has 188 valence electrons. The monoisotopic (exact) mass is 475 g/mol. The van der Waals surface area contributed by atoms with Gasteiger partial charge < -0.3 is 42.7 Å². The fraction of sp³-hybridized carbons (Fsp3) is 0.684. The third-order valence-corrected chi connectivity index (χ3v) is 4.43. The molecule has 0 aliphatic heterocycles. The highest BCUT2D eigenvalue weighted by Crippen LogP contribution is 2.06. The van der Waals surface area contributed by atoms with E-state index in [1.54, 1.807) is 0 Å². The van der Waals surface area contributed by atoms with Gasteiger partial charge in [-0.1, -0.05) is 13.8 Å². The van der Waals surface area contributed by atoms with Crippen molar-refractivity contribution in [2.45, 2.75) is 76.7 Å². The van der Waals surface area contributed by atoms with Crippen molar-refractivity contribution in [2.24, 2.45) is 17.4 Å². The van der Waals surface area contributed by atoms with E-state index in [2.05, 4.69) is 10.6 Å². The first-order valence-corrected chi connectivity index (χ1v) is 10.2. The number of hydrogen-bond acceptors (Lipinski definition) is 8. The van der Waals surface area contributed by atoms with Gasteiger partial charge >= 0.3 is 11.9 Å². The number of amides is 4. The Bertz CT molecular complexity index is 741. The van der Waals surface area contributed by atoms with Crippen molar-refractivity contribution in [2.75, 3.05) is 0 Å². The number of primary amides is 1. The Kier molecular flexibility index (Phi) is 12.6. The fourth-order valence-electron chi connectivity index (χ4n) is 2.75. The molecule has 0 aromatic heterocycles. The highest BCUT2D eigenvalue weighted by molar-refractivity contribution is 5.95. The summed E-state index contributed by atoms with van der Waals surface area (Å²) in [5.74, 6) is -6.66. The number of aliphatic hydroxyl groups excluding tert-OH is 1.